The first kappa shape index (κ1) is 21.0. The normalized spacial score (nSPS) is 11.4. The lowest BCUT2D eigenvalue weighted by Crippen LogP contribution is -2.34. The van der Waals surface area contributed by atoms with Crippen LogP contribution in [-0.4, -0.2) is 36.9 Å². The molecule has 0 aliphatic carbocycles. The topological polar surface area (TPSA) is 74.3 Å². The Morgan fingerprint density at radius 3 is 2.37 bits per heavy atom. The SMILES string of the molecule is C[C@@H](Cc1ccc(N(C)C)cc1)NC(=O)c1cccc(NC(=O)c2cccnc2)c1. The van der Waals surface area contributed by atoms with E-state index in [2.05, 4.69) is 44.8 Å². The quantitative estimate of drug-likeness (QED) is 0.631. The van der Waals surface area contributed by atoms with Crippen LogP contribution in [0.2, 0.25) is 0 Å². The number of pyridine rings is 1. The van der Waals surface area contributed by atoms with E-state index in [1.54, 1.807) is 42.6 Å². The van der Waals surface area contributed by atoms with Gasteiger partial charge in [-0.05, 0) is 61.4 Å². The molecule has 0 bridgehead atoms. The van der Waals surface area contributed by atoms with Crippen LogP contribution in [0.5, 0.6) is 0 Å². The number of aromatic nitrogens is 1. The predicted octanol–water partition coefficient (Wildman–Crippen LogP) is 3.76. The molecule has 2 amide bonds. The molecule has 2 N–H and O–H groups in total. The summed E-state index contributed by atoms with van der Waals surface area (Å²) in [4.78, 5) is 30.9. The zero-order chi connectivity index (χ0) is 21.5. The van der Waals surface area contributed by atoms with Gasteiger partial charge in [0.25, 0.3) is 11.8 Å². The minimum absolute atomic E-state index is 0.0312. The van der Waals surface area contributed by atoms with E-state index in [0.29, 0.717) is 16.8 Å². The minimum Gasteiger partial charge on any atom is -0.378 e. The maximum absolute atomic E-state index is 12.7. The van der Waals surface area contributed by atoms with Gasteiger partial charge < -0.3 is 15.5 Å². The average Bonchev–Trinajstić information content (AvgIpc) is 2.75. The highest BCUT2D eigenvalue weighted by atomic mass is 16.2. The summed E-state index contributed by atoms with van der Waals surface area (Å²) in [6, 6.07) is 18.5. The molecule has 0 aliphatic heterocycles. The van der Waals surface area contributed by atoms with Gasteiger partial charge in [-0.1, -0.05) is 18.2 Å². The highest BCUT2D eigenvalue weighted by Crippen LogP contribution is 2.15. The monoisotopic (exact) mass is 402 g/mol. The molecule has 2 aromatic carbocycles. The third-order valence-corrected chi connectivity index (χ3v) is 4.68. The largest absolute Gasteiger partial charge is 0.378 e. The van der Waals surface area contributed by atoms with Crippen LogP contribution in [0.3, 0.4) is 0 Å². The smallest absolute Gasteiger partial charge is 0.257 e. The van der Waals surface area contributed by atoms with Gasteiger partial charge in [-0.2, -0.15) is 0 Å². The Labute approximate surface area is 177 Å². The maximum Gasteiger partial charge on any atom is 0.257 e. The van der Waals surface area contributed by atoms with E-state index in [4.69, 9.17) is 0 Å². The molecule has 0 saturated carbocycles. The summed E-state index contributed by atoms with van der Waals surface area (Å²) < 4.78 is 0. The standard InChI is InChI=1S/C24H26N4O2/c1-17(14-18-9-11-22(12-10-18)28(2)3)26-23(29)19-6-4-8-21(15-19)27-24(30)20-7-5-13-25-16-20/h4-13,15-17H,14H2,1-3H3,(H,26,29)(H,27,30)/t17-/m0/s1. The van der Waals surface area contributed by atoms with Gasteiger partial charge in [0.2, 0.25) is 0 Å². The minimum atomic E-state index is -0.268. The van der Waals surface area contributed by atoms with Crippen molar-refractivity contribution >= 4 is 23.2 Å². The molecule has 1 heterocycles. The van der Waals surface area contributed by atoms with Crippen LogP contribution in [0.1, 0.15) is 33.2 Å². The molecule has 0 aliphatic rings. The molecule has 0 saturated heterocycles. The van der Waals surface area contributed by atoms with Gasteiger partial charge in [0.15, 0.2) is 0 Å². The van der Waals surface area contributed by atoms with Crippen molar-refractivity contribution < 1.29 is 9.59 Å². The van der Waals surface area contributed by atoms with E-state index in [0.717, 1.165) is 17.7 Å². The molecule has 3 aromatic rings. The van der Waals surface area contributed by atoms with Crippen molar-refractivity contribution in [1.82, 2.24) is 10.3 Å². The van der Waals surface area contributed by atoms with Crippen molar-refractivity contribution in [3.8, 4) is 0 Å². The van der Waals surface area contributed by atoms with Gasteiger partial charge in [-0.25, -0.2) is 0 Å². The number of hydrogen-bond acceptors (Lipinski definition) is 4. The Hall–Kier alpha value is -3.67. The second kappa shape index (κ2) is 9.69. The second-order valence-electron chi connectivity index (χ2n) is 7.42. The first-order valence-corrected chi connectivity index (χ1v) is 9.81. The van der Waals surface area contributed by atoms with Crippen LogP contribution in [0.15, 0.2) is 73.1 Å². The number of rotatable bonds is 7. The number of carbonyl (C=O) groups is 2. The van der Waals surface area contributed by atoms with Gasteiger partial charge in [0.1, 0.15) is 0 Å². The van der Waals surface area contributed by atoms with E-state index in [-0.39, 0.29) is 17.9 Å². The lowest BCUT2D eigenvalue weighted by Gasteiger charge is -2.16. The molecule has 30 heavy (non-hydrogen) atoms. The third-order valence-electron chi connectivity index (χ3n) is 4.68. The number of anilines is 2. The molecule has 154 valence electrons. The van der Waals surface area contributed by atoms with Crippen molar-refractivity contribution in [2.45, 2.75) is 19.4 Å². The van der Waals surface area contributed by atoms with Gasteiger partial charge in [-0.3, -0.25) is 14.6 Å². The molecule has 3 rings (SSSR count). The van der Waals surface area contributed by atoms with Crippen LogP contribution >= 0.6 is 0 Å². The molecule has 0 radical (unpaired) electrons. The molecular weight excluding hydrogens is 376 g/mol. The van der Waals surface area contributed by atoms with Crippen LogP contribution in [-0.2, 0) is 6.42 Å². The molecule has 1 atom stereocenters. The Morgan fingerprint density at radius 2 is 1.70 bits per heavy atom. The highest BCUT2D eigenvalue weighted by molar-refractivity contribution is 6.04. The zero-order valence-corrected chi connectivity index (χ0v) is 17.4. The van der Waals surface area contributed by atoms with Crippen molar-refractivity contribution in [1.29, 1.82) is 0 Å². The van der Waals surface area contributed by atoms with Crippen LogP contribution in [0.25, 0.3) is 0 Å². The summed E-state index contributed by atoms with van der Waals surface area (Å²) in [5.74, 6) is -0.444. The molecular formula is C24H26N4O2. The molecule has 6 heteroatoms. The molecule has 1 aromatic heterocycles. The Morgan fingerprint density at radius 1 is 0.967 bits per heavy atom. The fraction of sp³-hybridized carbons (Fsp3) is 0.208. The van der Waals surface area contributed by atoms with Crippen LogP contribution in [0.4, 0.5) is 11.4 Å². The number of nitrogens with zero attached hydrogens (tertiary/aromatic N) is 2. The van der Waals surface area contributed by atoms with Crippen LogP contribution in [0, 0.1) is 0 Å². The molecule has 6 nitrogen and oxygen atoms in total. The van der Waals surface area contributed by atoms with Crippen molar-refractivity contribution in [2.24, 2.45) is 0 Å². The van der Waals surface area contributed by atoms with E-state index < -0.39 is 0 Å². The zero-order valence-electron chi connectivity index (χ0n) is 17.4. The number of benzene rings is 2. The number of hydrogen-bond donors (Lipinski definition) is 2. The molecule has 0 fully saturated rings. The van der Waals surface area contributed by atoms with E-state index in [1.165, 1.54) is 6.20 Å². The summed E-state index contributed by atoms with van der Waals surface area (Å²) in [6.45, 7) is 1.98. The Balaban J connectivity index is 1.59. The lowest BCUT2D eigenvalue weighted by atomic mass is 10.1. The summed E-state index contributed by atoms with van der Waals surface area (Å²) in [5.41, 5.74) is 3.81. The van der Waals surface area contributed by atoms with Gasteiger partial charge >= 0.3 is 0 Å². The Bertz CT molecular complexity index is 1000. The Kier molecular flexibility index (Phi) is 6.80. The summed E-state index contributed by atoms with van der Waals surface area (Å²) in [7, 11) is 4.01. The van der Waals surface area contributed by atoms with E-state index in [1.807, 2.05) is 21.0 Å². The molecule has 0 unspecified atom stereocenters. The third kappa shape index (κ3) is 5.67. The van der Waals surface area contributed by atoms with Crippen molar-refractivity contribution in [3.63, 3.8) is 0 Å². The average molecular weight is 402 g/mol. The van der Waals surface area contributed by atoms with Gasteiger partial charge in [-0.15, -0.1) is 0 Å². The first-order chi connectivity index (χ1) is 14.4. The number of nitrogens with one attached hydrogen (secondary N) is 2. The number of carbonyl (C=O) groups excluding carboxylic acids is 2. The fourth-order valence-electron chi connectivity index (χ4n) is 3.08. The fourth-order valence-corrected chi connectivity index (χ4v) is 3.08. The predicted molar refractivity (Wildman–Crippen MR) is 120 cm³/mol. The summed E-state index contributed by atoms with van der Waals surface area (Å²) in [6.07, 6.45) is 3.84. The first-order valence-electron chi connectivity index (χ1n) is 9.81. The van der Waals surface area contributed by atoms with Crippen molar-refractivity contribution in [2.75, 3.05) is 24.3 Å². The van der Waals surface area contributed by atoms with Gasteiger partial charge in [0.05, 0.1) is 5.56 Å². The van der Waals surface area contributed by atoms with Crippen LogP contribution < -0.4 is 15.5 Å². The van der Waals surface area contributed by atoms with Crippen molar-refractivity contribution in [3.05, 3.63) is 89.7 Å². The number of amides is 2. The van der Waals surface area contributed by atoms with Gasteiger partial charge in [0, 0.05) is 49.5 Å². The highest BCUT2D eigenvalue weighted by Gasteiger charge is 2.12. The van der Waals surface area contributed by atoms with E-state index >= 15 is 0 Å². The summed E-state index contributed by atoms with van der Waals surface area (Å²) >= 11 is 0. The second-order valence-corrected chi connectivity index (χ2v) is 7.42. The molecule has 0 spiro atoms. The van der Waals surface area contributed by atoms with E-state index in [9.17, 15) is 9.59 Å². The maximum atomic E-state index is 12.7. The summed E-state index contributed by atoms with van der Waals surface area (Å²) in [5, 5.41) is 5.82. The lowest BCUT2D eigenvalue weighted by molar-refractivity contribution is 0.0939.